The van der Waals surface area contributed by atoms with Crippen molar-refractivity contribution in [1.29, 1.82) is 0 Å². The first kappa shape index (κ1) is 14.4. The number of aromatic nitrogens is 3. The van der Waals surface area contributed by atoms with E-state index >= 15 is 0 Å². The number of pyridine rings is 1. The van der Waals surface area contributed by atoms with Crippen LogP contribution in [-0.2, 0) is 17.5 Å². The molecule has 2 atom stereocenters. The highest BCUT2D eigenvalue weighted by molar-refractivity contribution is 7.84. The number of hydrogen-bond donors (Lipinski definition) is 1. The molecule has 1 aliphatic heterocycles. The van der Waals surface area contributed by atoms with E-state index in [1.165, 1.54) is 0 Å². The van der Waals surface area contributed by atoms with E-state index in [2.05, 4.69) is 20.9 Å². The van der Waals surface area contributed by atoms with E-state index in [0.29, 0.717) is 0 Å². The number of nitrogens with one attached hydrogen (secondary N) is 1. The predicted molar refractivity (Wildman–Crippen MR) is 83.8 cm³/mol. The van der Waals surface area contributed by atoms with Gasteiger partial charge in [0, 0.05) is 24.5 Å². The van der Waals surface area contributed by atoms with Crippen molar-refractivity contribution in [3.05, 3.63) is 36.3 Å². The van der Waals surface area contributed by atoms with Crippen LogP contribution in [0.25, 0.3) is 11.3 Å². The molecule has 3 rings (SSSR count). The first-order valence-corrected chi connectivity index (χ1v) is 8.26. The Hall–Kier alpha value is -1.53. The van der Waals surface area contributed by atoms with Crippen molar-refractivity contribution in [2.75, 3.05) is 0 Å². The van der Waals surface area contributed by atoms with Crippen molar-refractivity contribution in [1.82, 2.24) is 19.5 Å². The third-order valence-electron chi connectivity index (χ3n) is 3.58. The molecule has 0 fully saturated rings. The minimum Gasteiger partial charge on any atom is -0.267 e. The highest BCUT2D eigenvalue weighted by Crippen LogP contribution is 2.30. The molecule has 112 valence electrons. The Morgan fingerprint density at radius 2 is 2.05 bits per heavy atom. The zero-order valence-electron chi connectivity index (χ0n) is 12.5. The minimum atomic E-state index is -1.07. The second-order valence-electron chi connectivity index (χ2n) is 6.25. The topological polar surface area (TPSA) is 59.8 Å². The van der Waals surface area contributed by atoms with Gasteiger partial charge in [-0.15, -0.1) is 0 Å². The SMILES string of the molecule is CC(C)(C)[S@](=O)N[C@H]1CCn2nc(-c3ccncc3)cc21. The quantitative estimate of drug-likeness (QED) is 0.947. The number of hydrogen-bond acceptors (Lipinski definition) is 3. The molecule has 2 aromatic heterocycles. The van der Waals surface area contributed by atoms with Crippen LogP contribution in [0.15, 0.2) is 30.6 Å². The van der Waals surface area contributed by atoms with Gasteiger partial charge in [-0.05, 0) is 45.4 Å². The van der Waals surface area contributed by atoms with Crippen molar-refractivity contribution in [3.8, 4) is 11.3 Å². The molecule has 0 saturated carbocycles. The van der Waals surface area contributed by atoms with Crippen LogP contribution in [0.2, 0.25) is 0 Å². The summed E-state index contributed by atoms with van der Waals surface area (Å²) in [6.07, 6.45) is 4.47. The average molecular weight is 304 g/mol. The lowest BCUT2D eigenvalue weighted by atomic mass is 10.1. The maximum absolute atomic E-state index is 12.3. The van der Waals surface area contributed by atoms with Gasteiger partial charge < -0.3 is 0 Å². The van der Waals surface area contributed by atoms with Gasteiger partial charge in [0.1, 0.15) is 0 Å². The molecule has 0 radical (unpaired) electrons. The normalized spacial score (nSPS) is 19.5. The molecule has 1 N–H and O–H groups in total. The predicted octanol–water partition coefficient (Wildman–Crippen LogP) is 2.44. The van der Waals surface area contributed by atoms with Crippen molar-refractivity contribution < 1.29 is 4.21 Å². The Morgan fingerprint density at radius 1 is 1.33 bits per heavy atom. The fourth-order valence-corrected chi connectivity index (χ4v) is 3.23. The molecular formula is C15H20N4OS. The van der Waals surface area contributed by atoms with Crippen molar-refractivity contribution in [2.45, 2.75) is 44.5 Å². The first-order valence-electron chi connectivity index (χ1n) is 7.11. The smallest absolute Gasteiger partial charge is 0.0976 e. The first-order chi connectivity index (χ1) is 9.95. The fourth-order valence-electron chi connectivity index (χ4n) is 2.38. The summed E-state index contributed by atoms with van der Waals surface area (Å²) in [6.45, 7) is 6.79. The number of nitrogens with zero attached hydrogens (tertiary/aromatic N) is 3. The summed E-state index contributed by atoms with van der Waals surface area (Å²) in [7, 11) is -1.07. The molecule has 0 unspecified atom stereocenters. The summed E-state index contributed by atoms with van der Waals surface area (Å²) in [5.74, 6) is 0. The molecule has 3 heterocycles. The molecule has 0 aromatic carbocycles. The monoisotopic (exact) mass is 304 g/mol. The molecule has 0 saturated heterocycles. The maximum Gasteiger partial charge on any atom is 0.0976 e. The summed E-state index contributed by atoms with van der Waals surface area (Å²) in [6, 6.07) is 6.09. The van der Waals surface area contributed by atoms with Crippen LogP contribution in [0, 0.1) is 0 Å². The molecule has 0 aliphatic carbocycles. The van der Waals surface area contributed by atoms with Gasteiger partial charge in [-0.25, -0.2) is 8.93 Å². The van der Waals surface area contributed by atoms with E-state index in [1.807, 2.05) is 37.6 Å². The summed E-state index contributed by atoms with van der Waals surface area (Å²) in [5.41, 5.74) is 3.11. The summed E-state index contributed by atoms with van der Waals surface area (Å²) >= 11 is 0. The van der Waals surface area contributed by atoms with E-state index in [0.717, 1.165) is 29.9 Å². The third-order valence-corrected chi connectivity index (χ3v) is 5.19. The molecule has 5 nitrogen and oxygen atoms in total. The lowest BCUT2D eigenvalue weighted by Crippen LogP contribution is -2.35. The maximum atomic E-state index is 12.3. The fraction of sp³-hybridized carbons (Fsp3) is 0.467. The second kappa shape index (κ2) is 5.35. The van der Waals surface area contributed by atoms with Gasteiger partial charge in [0.05, 0.1) is 33.2 Å². The van der Waals surface area contributed by atoms with Gasteiger partial charge in [-0.3, -0.25) is 9.67 Å². The molecular weight excluding hydrogens is 284 g/mol. The van der Waals surface area contributed by atoms with Crippen LogP contribution in [0.1, 0.15) is 38.9 Å². The largest absolute Gasteiger partial charge is 0.267 e. The standard InChI is InChI=1S/C15H20N4OS/c1-15(2,3)21(20)18-12-6-9-19-14(12)10-13(17-19)11-4-7-16-8-5-11/h4-5,7-8,10,12,18H,6,9H2,1-3H3/t12-,21-/m0/s1. The van der Waals surface area contributed by atoms with E-state index < -0.39 is 11.0 Å². The van der Waals surface area contributed by atoms with Crippen LogP contribution in [-0.4, -0.2) is 23.7 Å². The zero-order chi connectivity index (χ0) is 15.0. The van der Waals surface area contributed by atoms with Crippen molar-refractivity contribution >= 4 is 11.0 Å². The van der Waals surface area contributed by atoms with E-state index in [9.17, 15) is 4.21 Å². The zero-order valence-corrected chi connectivity index (χ0v) is 13.4. The molecule has 1 aliphatic rings. The lowest BCUT2D eigenvalue weighted by Gasteiger charge is -2.21. The van der Waals surface area contributed by atoms with Crippen LogP contribution < -0.4 is 4.72 Å². The number of fused-ring (bicyclic) bond motifs is 1. The molecule has 21 heavy (non-hydrogen) atoms. The average Bonchev–Trinajstić information content (AvgIpc) is 3.01. The Morgan fingerprint density at radius 3 is 2.71 bits per heavy atom. The summed E-state index contributed by atoms with van der Waals surface area (Å²) in [5, 5.41) is 4.63. The Kier molecular flexibility index (Phi) is 3.67. The van der Waals surface area contributed by atoms with E-state index in [1.54, 1.807) is 12.4 Å². The van der Waals surface area contributed by atoms with E-state index in [4.69, 9.17) is 0 Å². The highest BCUT2D eigenvalue weighted by Gasteiger charge is 2.29. The molecule has 0 bridgehead atoms. The van der Waals surface area contributed by atoms with Gasteiger partial charge >= 0.3 is 0 Å². The van der Waals surface area contributed by atoms with Crippen molar-refractivity contribution in [2.24, 2.45) is 0 Å². The summed E-state index contributed by atoms with van der Waals surface area (Å²) < 4.78 is 17.3. The molecule has 0 amide bonds. The number of aryl methyl sites for hydroxylation is 1. The van der Waals surface area contributed by atoms with Crippen LogP contribution in [0.4, 0.5) is 0 Å². The van der Waals surface area contributed by atoms with Gasteiger partial charge in [0.25, 0.3) is 0 Å². The van der Waals surface area contributed by atoms with Crippen LogP contribution >= 0.6 is 0 Å². The summed E-state index contributed by atoms with van der Waals surface area (Å²) in [4.78, 5) is 4.03. The van der Waals surface area contributed by atoms with Gasteiger partial charge in [-0.2, -0.15) is 5.10 Å². The van der Waals surface area contributed by atoms with Gasteiger partial charge in [0.15, 0.2) is 0 Å². The van der Waals surface area contributed by atoms with E-state index in [-0.39, 0.29) is 10.8 Å². The highest BCUT2D eigenvalue weighted by atomic mass is 32.2. The third kappa shape index (κ3) is 2.91. The van der Waals surface area contributed by atoms with Crippen LogP contribution in [0.5, 0.6) is 0 Å². The molecule has 2 aromatic rings. The number of rotatable bonds is 3. The Labute approximate surface area is 127 Å². The Bertz CT molecular complexity index is 660. The minimum absolute atomic E-state index is 0.105. The second-order valence-corrected chi connectivity index (χ2v) is 8.25. The van der Waals surface area contributed by atoms with Gasteiger partial charge in [-0.1, -0.05) is 0 Å². The molecule has 6 heteroatoms. The lowest BCUT2D eigenvalue weighted by molar-refractivity contribution is 0.588. The van der Waals surface area contributed by atoms with Crippen molar-refractivity contribution in [3.63, 3.8) is 0 Å². The van der Waals surface area contributed by atoms with Gasteiger partial charge in [0.2, 0.25) is 0 Å². The van der Waals surface area contributed by atoms with Crippen LogP contribution in [0.3, 0.4) is 0 Å². The molecule has 0 spiro atoms. The Balaban J connectivity index is 1.83.